The normalized spacial score (nSPS) is 22.1. The van der Waals surface area contributed by atoms with Crippen molar-refractivity contribution in [2.45, 2.75) is 37.5 Å². The lowest BCUT2D eigenvalue weighted by Crippen LogP contribution is -2.55. The average molecular weight is 772 g/mol. The van der Waals surface area contributed by atoms with E-state index in [-0.39, 0.29) is 5.41 Å². The molecule has 0 atom stereocenters. The van der Waals surface area contributed by atoms with E-state index < -0.39 is 0 Å². The zero-order chi connectivity index (χ0) is 39.4. The van der Waals surface area contributed by atoms with Gasteiger partial charge in [0, 0.05) is 22.2 Å². The number of nitrogens with zero attached hydrogens (tertiary/aromatic N) is 1. The molecule has 0 radical (unpaired) electrons. The largest absolute Gasteiger partial charge is 0.456 e. The second kappa shape index (κ2) is 13.2. The van der Waals surface area contributed by atoms with Crippen molar-refractivity contribution in [3.05, 3.63) is 199 Å². The first kappa shape index (κ1) is 34.2. The number of anilines is 3. The molecule has 2 nitrogen and oxygen atoms in total. The molecule has 0 amide bonds. The highest BCUT2D eigenvalue weighted by molar-refractivity contribution is 6.13. The van der Waals surface area contributed by atoms with E-state index in [4.69, 9.17) is 4.42 Å². The summed E-state index contributed by atoms with van der Waals surface area (Å²) < 4.78 is 6.42. The van der Waals surface area contributed by atoms with Crippen molar-refractivity contribution in [3.63, 3.8) is 0 Å². The van der Waals surface area contributed by atoms with E-state index in [0.717, 1.165) is 62.7 Å². The predicted molar refractivity (Wildman–Crippen MR) is 248 cm³/mol. The molecular formula is C58H45NO. The van der Waals surface area contributed by atoms with E-state index in [9.17, 15) is 0 Å². The lowest BCUT2D eigenvalue weighted by Gasteiger charge is -2.61. The second-order valence-electron chi connectivity index (χ2n) is 18.1. The monoisotopic (exact) mass is 771 g/mol. The molecule has 4 bridgehead atoms. The first-order valence-corrected chi connectivity index (χ1v) is 22.0. The molecule has 5 aliphatic rings. The van der Waals surface area contributed by atoms with Crippen LogP contribution in [0.4, 0.5) is 17.1 Å². The van der Waals surface area contributed by atoms with Crippen LogP contribution in [-0.4, -0.2) is 0 Å². The average Bonchev–Trinajstić information content (AvgIpc) is 3.83. The van der Waals surface area contributed by atoms with Crippen LogP contribution < -0.4 is 4.90 Å². The molecule has 8 aromatic carbocycles. The second-order valence-corrected chi connectivity index (χ2v) is 18.1. The predicted octanol–water partition coefficient (Wildman–Crippen LogP) is 15.8. The topological polar surface area (TPSA) is 16.4 Å². The van der Waals surface area contributed by atoms with Gasteiger partial charge in [-0.1, -0.05) is 133 Å². The van der Waals surface area contributed by atoms with E-state index in [2.05, 4.69) is 187 Å². The Kier molecular flexibility index (Phi) is 7.52. The van der Waals surface area contributed by atoms with Gasteiger partial charge in [-0.05, 0) is 166 Å². The van der Waals surface area contributed by atoms with Crippen LogP contribution in [0.5, 0.6) is 0 Å². The molecule has 0 aliphatic heterocycles. The van der Waals surface area contributed by atoms with Gasteiger partial charge in [0.25, 0.3) is 0 Å². The minimum absolute atomic E-state index is 0.160. The Morgan fingerprint density at radius 2 is 0.983 bits per heavy atom. The highest BCUT2D eigenvalue weighted by Gasteiger charge is 2.61. The smallest absolute Gasteiger partial charge is 0.137 e. The van der Waals surface area contributed by atoms with Gasteiger partial charge >= 0.3 is 0 Å². The van der Waals surface area contributed by atoms with Gasteiger partial charge in [-0.25, -0.2) is 0 Å². The molecule has 1 aromatic heterocycles. The number of rotatable bonds is 6. The molecule has 14 rings (SSSR count). The summed E-state index contributed by atoms with van der Waals surface area (Å²) in [6, 6.07) is 69.6. The Labute approximate surface area is 351 Å². The van der Waals surface area contributed by atoms with Crippen LogP contribution in [0, 0.1) is 23.7 Å². The molecule has 4 saturated carbocycles. The highest BCUT2D eigenvalue weighted by atomic mass is 16.3. The Morgan fingerprint density at radius 3 is 1.78 bits per heavy atom. The van der Waals surface area contributed by atoms with Crippen LogP contribution in [0.2, 0.25) is 0 Å². The van der Waals surface area contributed by atoms with E-state index in [1.54, 1.807) is 11.1 Å². The first-order chi connectivity index (χ1) is 29.7. The standard InChI is InChI=1S/C58H45NO/c1-2-11-39(12-3-1)40-23-26-47(27-24-40)59(54-20-10-22-56-57(54)51-18-5-7-21-55(51)60-56)48-16-9-15-43(35-48)41-13-8-14-42(34-41)44-25-28-50-49-17-4-6-19-52(49)58(53(50)36-44)45-30-37-29-38(32-45)33-46(58)31-37/h1-28,34-38,45-46H,29-33H2. The number of fused-ring (bicyclic) bond motifs is 6. The first-order valence-electron chi connectivity index (χ1n) is 22.0. The maximum atomic E-state index is 6.42. The minimum Gasteiger partial charge on any atom is -0.456 e. The van der Waals surface area contributed by atoms with Crippen LogP contribution in [-0.2, 0) is 5.41 Å². The third-order valence-corrected chi connectivity index (χ3v) is 15.0. The summed E-state index contributed by atoms with van der Waals surface area (Å²) in [6.45, 7) is 0. The van der Waals surface area contributed by atoms with Crippen molar-refractivity contribution in [2.24, 2.45) is 23.7 Å². The fourth-order valence-electron chi connectivity index (χ4n) is 12.8. The van der Waals surface area contributed by atoms with Crippen LogP contribution >= 0.6 is 0 Å². The molecule has 0 N–H and O–H groups in total. The fraction of sp³-hybridized carbons (Fsp3) is 0.172. The maximum absolute atomic E-state index is 6.42. The van der Waals surface area contributed by atoms with E-state index in [0.29, 0.717) is 0 Å². The van der Waals surface area contributed by atoms with Gasteiger partial charge in [0.05, 0.1) is 11.1 Å². The Morgan fingerprint density at radius 1 is 0.400 bits per heavy atom. The van der Waals surface area contributed by atoms with E-state index in [1.807, 2.05) is 6.07 Å². The van der Waals surface area contributed by atoms with E-state index in [1.165, 1.54) is 76.6 Å². The Bertz CT molecular complexity index is 3090. The fourth-order valence-corrected chi connectivity index (χ4v) is 12.8. The summed E-state index contributed by atoms with van der Waals surface area (Å²) in [6.07, 6.45) is 7.07. The van der Waals surface area contributed by atoms with Gasteiger partial charge in [-0.15, -0.1) is 0 Å². The van der Waals surface area contributed by atoms with Crippen LogP contribution in [0.15, 0.2) is 192 Å². The van der Waals surface area contributed by atoms with Gasteiger partial charge in [0.15, 0.2) is 0 Å². The lowest BCUT2D eigenvalue weighted by molar-refractivity contribution is -0.0399. The molecule has 5 aliphatic carbocycles. The molecule has 2 heteroatoms. The summed E-state index contributed by atoms with van der Waals surface area (Å²) in [5, 5.41) is 2.23. The number of benzene rings is 8. The number of para-hydroxylation sites is 1. The zero-order valence-corrected chi connectivity index (χ0v) is 33.6. The third-order valence-electron chi connectivity index (χ3n) is 15.0. The number of hydrogen-bond donors (Lipinski definition) is 0. The number of furan rings is 1. The van der Waals surface area contributed by atoms with Gasteiger partial charge in [-0.2, -0.15) is 0 Å². The van der Waals surface area contributed by atoms with Crippen molar-refractivity contribution in [1.82, 2.24) is 0 Å². The van der Waals surface area contributed by atoms with Crippen LogP contribution in [0.25, 0.3) is 66.4 Å². The summed E-state index contributed by atoms with van der Waals surface area (Å²) in [5.41, 5.74) is 18.8. The molecule has 288 valence electrons. The molecule has 9 aromatic rings. The molecule has 4 fully saturated rings. The van der Waals surface area contributed by atoms with Gasteiger partial charge in [0.1, 0.15) is 11.2 Å². The number of hydrogen-bond acceptors (Lipinski definition) is 2. The molecule has 1 spiro atoms. The SMILES string of the molecule is c1ccc(-c2ccc(N(c3cccc(-c4cccc(-c5ccc6c(c5)C5(c7ccccc7-6)C6CC7CC(C6)CC5C7)c4)c3)c3cccc4oc5ccccc5c34)cc2)cc1. The molecular weight excluding hydrogens is 727 g/mol. The Hall–Kier alpha value is -6.64. The zero-order valence-electron chi connectivity index (χ0n) is 33.6. The molecule has 60 heavy (non-hydrogen) atoms. The Balaban J connectivity index is 0.919. The molecule has 0 unspecified atom stereocenters. The minimum atomic E-state index is 0.160. The van der Waals surface area contributed by atoms with Gasteiger partial charge in [-0.3, -0.25) is 0 Å². The maximum Gasteiger partial charge on any atom is 0.137 e. The summed E-state index contributed by atoms with van der Waals surface area (Å²) in [5.74, 6) is 3.37. The van der Waals surface area contributed by atoms with Crippen LogP contribution in [0.3, 0.4) is 0 Å². The van der Waals surface area contributed by atoms with Gasteiger partial charge in [0.2, 0.25) is 0 Å². The van der Waals surface area contributed by atoms with Crippen LogP contribution in [0.1, 0.15) is 43.2 Å². The summed E-state index contributed by atoms with van der Waals surface area (Å²) in [4.78, 5) is 2.40. The van der Waals surface area contributed by atoms with Crippen molar-refractivity contribution in [2.75, 3.05) is 4.90 Å². The molecule has 1 heterocycles. The van der Waals surface area contributed by atoms with E-state index >= 15 is 0 Å². The highest BCUT2D eigenvalue weighted by Crippen LogP contribution is 2.69. The molecule has 0 saturated heterocycles. The lowest BCUT2D eigenvalue weighted by atomic mass is 9.43. The summed E-state index contributed by atoms with van der Waals surface area (Å²) in [7, 11) is 0. The summed E-state index contributed by atoms with van der Waals surface area (Å²) >= 11 is 0. The van der Waals surface area contributed by atoms with Crippen molar-refractivity contribution in [3.8, 4) is 44.5 Å². The van der Waals surface area contributed by atoms with Crippen molar-refractivity contribution < 1.29 is 4.42 Å². The quantitative estimate of drug-likeness (QED) is 0.167. The van der Waals surface area contributed by atoms with Crippen molar-refractivity contribution in [1.29, 1.82) is 0 Å². The van der Waals surface area contributed by atoms with Crippen molar-refractivity contribution >= 4 is 39.0 Å². The van der Waals surface area contributed by atoms with Gasteiger partial charge < -0.3 is 9.32 Å². The third kappa shape index (κ3) is 5.07.